The number of hydrogen-bond donors (Lipinski definition) is 1. The van der Waals surface area contributed by atoms with E-state index >= 15 is 0 Å². The Kier molecular flexibility index (Phi) is 6.07. The van der Waals surface area contributed by atoms with Crippen molar-refractivity contribution in [1.29, 1.82) is 0 Å². The summed E-state index contributed by atoms with van der Waals surface area (Å²) in [5.74, 6) is 0.104. The molecule has 1 aliphatic heterocycles. The van der Waals surface area contributed by atoms with Gasteiger partial charge in [-0.3, -0.25) is 4.79 Å². The number of likely N-dealkylation sites (tertiary alicyclic amines) is 1. The summed E-state index contributed by atoms with van der Waals surface area (Å²) in [7, 11) is 0. The predicted molar refractivity (Wildman–Crippen MR) is 134 cm³/mol. The third kappa shape index (κ3) is 4.47. The van der Waals surface area contributed by atoms with Crippen LogP contribution in [0.2, 0.25) is 0 Å². The Balaban J connectivity index is 1.30. The Bertz CT molecular complexity index is 1320. The second-order valence-corrected chi connectivity index (χ2v) is 10.5. The maximum atomic E-state index is 13.1. The molecule has 1 saturated heterocycles. The molecule has 170 valence electrons. The summed E-state index contributed by atoms with van der Waals surface area (Å²) in [6, 6.07) is 14.2. The van der Waals surface area contributed by atoms with Gasteiger partial charge in [-0.1, -0.05) is 33.3 Å². The zero-order chi connectivity index (χ0) is 23.0. The van der Waals surface area contributed by atoms with Gasteiger partial charge in [0.1, 0.15) is 11.3 Å². The van der Waals surface area contributed by atoms with Crippen molar-refractivity contribution < 1.29 is 9.90 Å². The van der Waals surface area contributed by atoms with Gasteiger partial charge < -0.3 is 10.0 Å². The maximum Gasteiger partial charge on any atom is 0.227 e. The van der Waals surface area contributed by atoms with E-state index in [2.05, 4.69) is 43.8 Å². The lowest BCUT2D eigenvalue weighted by Crippen LogP contribution is -2.34. The fourth-order valence-electron chi connectivity index (χ4n) is 4.58. The molecule has 2 aromatic carbocycles. The van der Waals surface area contributed by atoms with E-state index in [9.17, 15) is 9.90 Å². The molecule has 0 bridgehead atoms. The average molecular weight is 525 g/mol. The molecule has 8 heteroatoms. The SMILES string of the molecule is Cc1cc(Br)ccc1-n1cc(C2(O)CCCN(C(=O)Cc3cccc4sccc34)CC2)nn1. The highest BCUT2D eigenvalue weighted by atomic mass is 79.9. The highest BCUT2D eigenvalue weighted by Gasteiger charge is 2.36. The molecular weight excluding hydrogens is 500 g/mol. The minimum absolute atomic E-state index is 0.104. The van der Waals surface area contributed by atoms with Gasteiger partial charge in [-0.05, 0) is 78.4 Å². The summed E-state index contributed by atoms with van der Waals surface area (Å²) in [6.45, 7) is 3.15. The maximum absolute atomic E-state index is 13.1. The van der Waals surface area contributed by atoms with Crippen LogP contribution in [-0.4, -0.2) is 44.0 Å². The Labute approximate surface area is 205 Å². The normalized spacial score (nSPS) is 19.1. The number of fused-ring (bicyclic) bond motifs is 1. The summed E-state index contributed by atoms with van der Waals surface area (Å²) in [5, 5.41) is 23.2. The van der Waals surface area contributed by atoms with Gasteiger partial charge in [-0.15, -0.1) is 16.4 Å². The van der Waals surface area contributed by atoms with Crippen LogP contribution in [0.25, 0.3) is 15.8 Å². The van der Waals surface area contributed by atoms with Gasteiger partial charge in [0.05, 0.1) is 18.3 Å². The van der Waals surface area contributed by atoms with Crippen LogP contribution in [-0.2, 0) is 16.8 Å². The number of aromatic nitrogens is 3. The van der Waals surface area contributed by atoms with E-state index in [0.717, 1.165) is 33.1 Å². The molecule has 0 aliphatic carbocycles. The Morgan fingerprint density at radius 1 is 1.21 bits per heavy atom. The molecule has 0 spiro atoms. The van der Waals surface area contributed by atoms with Crippen LogP contribution >= 0.6 is 27.3 Å². The van der Waals surface area contributed by atoms with E-state index in [4.69, 9.17) is 0 Å². The molecule has 2 aromatic heterocycles. The largest absolute Gasteiger partial charge is 0.383 e. The number of amides is 1. The predicted octanol–water partition coefficient (Wildman–Crippen LogP) is 5.00. The minimum Gasteiger partial charge on any atom is -0.383 e. The number of aliphatic hydroxyl groups is 1. The summed E-state index contributed by atoms with van der Waals surface area (Å²) >= 11 is 5.18. The molecule has 33 heavy (non-hydrogen) atoms. The molecule has 5 rings (SSSR count). The van der Waals surface area contributed by atoms with Crippen molar-refractivity contribution >= 4 is 43.3 Å². The first-order valence-corrected chi connectivity index (χ1v) is 12.7. The van der Waals surface area contributed by atoms with Crippen molar-refractivity contribution in [3.63, 3.8) is 0 Å². The van der Waals surface area contributed by atoms with Crippen LogP contribution in [0.15, 0.2) is 58.5 Å². The number of carbonyl (C=O) groups is 1. The molecule has 0 saturated carbocycles. The van der Waals surface area contributed by atoms with E-state index in [-0.39, 0.29) is 5.91 Å². The first-order chi connectivity index (χ1) is 15.9. The molecule has 1 unspecified atom stereocenters. The van der Waals surface area contributed by atoms with Gasteiger partial charge in [-0.25, -0.2) is 4.68 Å². The van der Waals surface area contributed by atoms with Crippen LogP contribution in [0.3, 0.4) is 0 Å². The highest BCUT2D eigenvalue weighted by Crippen LogP contribution is 2.33. The zero-order valence-electron chi connectivity index (χ0n) is 18.4. The van der Waals surface area contributed by atoms with Crippen LogP contribution in [0, 0.1) is 6.92 Å². The lowest BCUT2D eigenvalue weighted by molar-refractivity contribution is -0.130. The van der Waals surface area contributed by atoms with Crippen LogP contribution < -0.4 is 0 Å². The molecule has 1 fully saturated rings. The molecular formula is C25H25BrN4O2S. The number of nitrogens with zero attached hydrogens (tertiary/aromatic N) is 4. The fourth-order valence-corrected chi connectivity index (χ4v) is 5.89. The van der Waals surface area contributed by atoms with Gasteiger partial charge in [0.15, 0.2) is 0 Å². The zero-order valence-corrected chi connectivity index (χ0v) is 20.8. The molecule has 6 nitrogen and oxygen atoms in total. The summed E-state index contributed by atoms with van der Waals surface area (Å²) in [6.07, 6.45) is 3.90. The van der Waals surface area contributed by atoms with E-state index in [1.807, 2.05) is 48.4 Å². The average Bonchev–Trinajstić information content (AvgIpc) is 3.43. The molecule has 1 amide bonds. The quantitative estimate of drug-likeness (QED) is 0.408. The van der Waals surface area contributed by atoms with Gasteiger partial charge in [0.2, 0.25) is 5.91 Å². The molecule has 0 radical (unpaired) electrons. The van der Waals surface area contributed by atoms with Crippen molar-refractivity contribution in [1.82, 2.24) is 19.9 Å². The third-order valence-corrected chi connectivity index (χ3v) is 7.85. The summed E-state index contributed by atoms with van der Waals surface area (Å²) in [5.41, 5.74) is 2.51. The van der Waals surface area contributed by atoms with Gasteiger partial charge in [0.25, 0.3) is 0 Å². The van der Waals surface area contributed by atoms with Crippen LogP contribution in [0.4, 0.5) is 0 Å². The lowest BCUT2D eigenvalue weighted by atomic mass is 9.92. The Hall–Kier alpha value is -2.55. The van der Waals surface area contributed by atoms with Crippen molar-refractivity contribution in [3.8, 4) is 5.69 Å². The van der Waals surface area contributed by atoms with Crippen LogP contribution in [0.1, 0.15) is 36.1 Å². The molecule has 1 atom stereocenters. The van der Waals surface area contributed by atoms with E-state index < -0.39 is 5.60 Å². The third-order valence-electron chi connectivity index (χ3n) is 6.47. The van der Waals surface area contributed by atoms with Gasteiger partial charge >= 0.3 is 0 Å². The number of halogens is 1. The topological polar surface area (TPSA) is 71.2 Å². The van der Waals surface area contributed by atoms with Crippen molar-refractivity contribution in [2.75, 3.05) is 13.1 Å². The number of carbonyl (C=O) groups excluding carboxylic acids is 1. The highest BCUT2D eigenvalue weighted by molar-refractivity contribution is 9.10. The van der Waals surface area contributed by atoms with Crippen molar-refractivity contribution in [2.24, 2.45) is 0 Å². The molecule has 1 aliphatic rings. The van der Waals surface area contributed by atoms with E-state index in [1.54, 1.807) is 16.0 Å². The van der Waals surface area contributed by atoms with Gasteiger partial charge in [-0.2, -0.15) is 0 Å². The van der Waals surface area contributed by atoms with Crippen molar-refractivity contribution in [3.05, 3.63) is 75.3 Å². The molecule has 3 heterocycles. The monoisotopic (exact) mass is 524 g/mol. The van der Waals surface area contributed by atoms with E-state index in [0.29, 0.717) is 38.0 Å². The van der Waals surface area contributed by atoms with Crippen molar-refractivity contribution in [2.45, 2.75) is 38.2 Å². The summed E-state index contributed by atoms with van der Waals surface area (Å²) < 4.78 is 3.92. The first kappa shape index (κ1) is 22.3. The lowest BCUT2D eigenvalue weighted by Gasteiger charge is -2.24. The first-order valence-electron chi connectivity index (χ1n) is 11.1. The summed E-state index contributed by atoms with van der Waals surface area (Å²) in [4.78, 5) is 15.0. The fraction of sp³-hybridized carbons (Fsp3) is 0.320. The molecule has 1 N–H and O–H groups in total. The van der Waals surface area contributed by atoms with Crippen LogP contribution in [0.5, 0.6) is 0 Å². The van der Waals surface area contributed by atoms with E-state index in [1.165, 1.54) is 4.70 Å². The number of hydrogen-bond acceptors (Lipinski definition) is 5. The van der Waals surface area contributed by atoms with Gasteiger partial charge in [0, 0.05) is 22.3 Å². The standard InChI is InChI=1S/C25H25BrN4O2S/c1-17-14-19(26)6-7-21(17)30-16-23(27-28-30)25(32)9-3-11-29(12-10-25)24(31)15-18-4-2-5-22-20(18)8-13-33-22/h2,4-8,13-14,16,32H,3,9-12,15H2,1H3. The number of rotatable bonds is 4. The second-order valence-electron chi connectivity index (χ2n) is 8.67. The number of thiophene rings is 1. The molecule has 4 aromatic rings. The number of aryl methyl sites for hydroxylation is 1. The number of benzene rings is 2. The second kappa shape index (κ2) is 9.00. The minimum atomic E-state index is -1.09. The Morgan fingerprint density at radius 2 is 2.09 bits per heavy atom. The Morgan fingerprint density at radius 3 is 2.94 bits per heavy atom. The smallest absolute Gasteiger partial charge is 0.227 e.